The maximum absolute atomic E-state index is 10.5. The third kappa shape index (κ3) is 7.02. The van der Waals surface area contributed by atoms with Crippen molar-refractivity contribution >= 4 is 5.88 Å². The molecular formula is C23H35N3O5. The van der Waals surface area contributed by atoms with Crippen molar-refractivity contribution in [2.24, 2.45) is 0 Å². The largest absolute Gasteiger partial charge is 0.389 e. The first kappa shape index (κ1) is 23.7. The Balaban J connectivity index is 1.85. The van der Waals surface area contributed by atoms with Crippen LogP contribution in [0.25, 0.3) is 11.3 Å². The number of morpholine rings is 1. The van der Waals surface area contributed by atoms with Crippen LogP contribution in [0.1, 0.15) is 18.9 Å². The van der Waals surface area contributed by atoms with Gasteiger partial charge >= 0.3 is 0 Å². The summed E-state index contributed by atoms with van der Waals surface area (Å²) in [5, 5.41) is 14.9. The molecule has 0 radical (unpaired) electrons. The molecule has 2 heterocycles. The Labute approximate surface area is 184 Å². The minimum atomic E-state index is -0.561. The molecule has 1 unspecified atom stereocenters. The monoisotopic (exact) mass is 433 g/mol. The third-order valence-corrected chi connectivity index (χ3v) is 5.30. The average Bonchev–Trinajstić information content (AvgIpc) is 3.22. The van der Waals surface area contributed by atoms with Crippen molar-refractivity contribution in [3.05, 3.63) is 35.9 Å². The van der Waals surface area contributed by atoms with E-state index in [1.807, 2.05) is 37.3 Å². The van der Waals surface area contributed by atoms with Crippen molar-refractivity contribution in [3.8, 4) is 11.3 Å². The van der Waals surface area contributed by atoms with Gasteiger partial charge in [-0.1, -0.05) is 35.5 Å². The van der Waals surface area contributed by atoms with Gasteiger partial charge in [-0.15, -0.1) is 0 Å². The van der Waals surface area contributed by atoms with Gasteiger partial charge < -0.3 is 28.7 Å². The topological polar surface area (TPSA) is 80.4 Å². The minimum Gasteiger partial charge on any atom is -0.389 e. The number of hydrogen-bond donors (Lipinski definition) is 1. The van der Waals surface area contributed by atoms with Crippen LogP contribution >= 0.6 is 0 Å². The number of rotatable bonds is 13. The highest BCUT2D eigenvalue weighted by atomic mass is 16.5. The summed E-state index contributed by atoms with van der Waals surface area (Å²) >= 11 is 0. The van der Waals surface area contributed by atoms with Gasteiger partial charge in [0.1, 0.15) is 5.69 Å². The van der Waals surface area contributed by atoms with Crippen molar-refractivity contribution in [1.82, 2.24) is 10.1 Å². The molecule has 1 aliphatic rings. The Kier molecular flexibility index (Phi) is 9.77. The van der Waals surface area contributed by atoms with Crippen LogP contribution in [0.4, 0.5) is 5.88 Å². The second kappa shape index (κ2) is 12.8. The fourth-order valence-corrected chi connectivity index (χ4v) is 3.78. The summed E-state index contributed by atoms with van der Waals surface area (Å²) in [6.07, 6.45) is 0.311. The van der Waals surface area contributed by atoms with Crippen LogP contribution in [0.3, 0.4) is 0 Å². The number of aromatic nitrogens is 1. The number of aliphatic hydroxyl groups excluding tert-OH is 1. The maximum atomic E-state index is 10.5. The summed E-state index contributed by atoms with van der Waals surface area (Å²) < 4.78 is 22.0. The number of nitrogens with zero attached hydrogens (tertiary/aromatic N) is 3. The number of anilines is 1. The molecule has 1 fully saturated rings. The van der Waals surface area contributed by atoms with Crippen molar-refractivity contribution in [2.45, 2.75) is 26.0 Å². The number of hydrogen-bond acceptors (Lipinski definition) is 8. The van der Waals surface area contributed by atoms with Crippen LogP contribution in [-0.4, -0.2) is 87.6 Å². The average molecular weight is 434 g/mol. The predicted molar refractivity (Wildman–Crippen MR) is 119 cm³/mol. The molecule has 0 amide bonds. The van der Waals surface area contributed by atoms with E-state index in [0.29, 0.717) is 46.1 Å². The Hall–Kier alpha value is -1.97. The number of benzene rings is 1. The molecule has 1 aromatic carbocycles. The third-order valence-electron chi connectivity index (χ3n) is 5.30. The fourth-order valence-electron chi connectivity index (χ4n) is 3.78. The number of ether oxygens (including phenoxy) is 3. The first-order chi connectivity index (χ1) is 15.2. The molecule has 1 aromatic heterocycles. The molecule has 0 bridgehead atoms. The molecule has 0 spiro atoms. The highest BCUT2D eigenvalue weighted by Crippen LogP contribution is 2.33. The lowest BCUT2D eigenvalue weighted by Gasteiger charge is -2.29. The van der Waals surface area contributed by atoms with Gasteiger partial charge in [0.15, 0.2) is 0 Å². The molecule has 1 N–H and O–H groups in total. The summed E-state index contributed by atoms with van der Waals surface area (Å²) in [4.78, 5) is 4.42. The summed E-state index contributed by atoms with van der Waals surface area (Å²) in [7, 11) is 1.71. The normalized spacial score (nSPS) is 15.5. The Morgan fingerprint density at radius 1 is 1.23 bits per heavy atom. The van der Waals surface area contributed by atoms with E-state index in [1.165, 1.54) is 0 Å². The van der Waals surface area contributed by atoms with Crippen molar-refractivity contribution in [1.29, 1.82) is 0 Å². The zero-order valence-corrected chi connectivity index (χ0v) is 18.7. The van der Waals surface area contributed by atoms with Gasteiger partial charge in [0.25, 0.3) is 0 Å². The quantitative estimate of drug-likeness (QED) is 0.483. The Bertz CT molecular complexity index is 749. The molecule has 1 aliphatic heterocycles. The van der Waals surface area contributed by atoms with Crippen molar-refractivity contribution < 1.29 is 23.8 Å². The minimum absolute atomic E-state index is 0.322. The van der Waals surface area contributed by atoms with Crippen molar-refractivity contribution in [3.63, 3.8) is 0 Å². The Morgan fingerprint density at radius 3 is 2.71 bits per heavy atom. The lowest BCUT2D eigenvalue weighted by atomic mass is 10.1. The summed E-state index contributed by atoms with van der Waals surface area (Å²) in [6.45, 7) is 8.31. The predicted octanol–water partition coefficient (Wildman–Crippen LogP) is 2.41. The standard InChI is InChI=1S/C23H35N3O5/c1-3-29-18-20(27)16-25(10-7-13-28-2)17-21-22(19-8-5-4-6-9-19)24-31-23(21)26-11-14-30-15-12-26/h4-6,8-9,20,27H,3,7,10-18H2,1-2H3. The van der Waals surface area contributed by atoms with Gasteiger partial charge in [0.2, 0.25) is 5.88 Å². The second-order valence-corrected chi connectivity index (χ2v) is 7.68. The zero-order valence-electron chi connectivity index (χ0n) is 18.7. The molecule has 3 rings (SSSR count). The van der Waals surface area contributed by atoms with Gasteiger partial charge in [-0.05, 0) is 13.3 Å². The maximum Gasteiger partial charge on any atom is 0.232 e. The molecule has 1 atom stereocenters. The van der Waals surface area contributed by atoms with E-state index in [0.717, 1.165) is 48.8 Å². The van der Waals surface area contributed by atoms with Gasteiger partial charge in [0, 0.05) is 58.6 Å². The molecular weight excluding hydrogens is 398 g/mol. The van der Waals surface area contributed by atoms with E-state index in [2.05, 4.69) is 15.0 Å². The van der Waals surface area contributed by atoms with Gasteiger partial charge in [-0.2, -0.15) is 0 Å². The zero-order chi connectivity index (χ0) is 21.9. The molecule has 0 aliphatic carbocycles. The van der Waals surface area contributed by atoms with Crippen molar-refractivity contribution in [2.75, 3.05) is 71.2 Å². The van der Waals surface area contributed by atoms with Crippen LogP contribution in [-0.2, 0) is 20.8 Å². The first-order valence-electron chi connectivity index (χ1n) is 11.1. The van der Waals surface area contributed by atoms with Crippen LogP contribution in [0.5, 0.6) is 0 Å². The van der Waals surface area contributed by atoms with Gasteiger partial charge in [-0.25, -0.2) is 0 Å². The van der Waals surface area contributed by atoms with Crippen LogP contribution in [0, 0.1) is 0 Å². The van der Waals surface area contributed by atoms with E-state index >= 15 is 0 Å². The molecule has 31 heavy (non-hydrogen) atoms. The molecule has 2 aromatic rings. The summed E-state index contributed by atoms with van der Waals surface area (Å²) in [6, 6.07) is 10.1. The molecule has 8 nitrogen and oxygen atoms in total. The molecule has 0 saturated carbocycles. The van der Waals surface area contributed by atoms with E-state index in [4.69, 9.17) is 18.7 Å². The van der Waals surface area contributed by atoms with E-state index < -0.39 is 6.10 Å². The molecule has 8 heteroatoms. The summed E-state index contributed by atoms with van der Waals surface area (Å²) in [5.41, 5.74) is 2.90. The highest BCUT2D eigenvalue weighted by Gasteiger charge is 2.26. The fraction of sp³-hybridized carbons (Fsp3) is 0.609. The Morgan fingerprint density at radius 2 is 2.00 bits per heavy atom. The van der Waals surface area contributed by atoms with E-state index in [9.17, 15) is 5.11 Å². The lowest BCUT2D eigenvalue weighted by Crippen LogP contribution is -2.38. The van der Waals surface area contributed by atoms with Gasteiger partial charge in [0.05, 0.1) is 31.5 Å². The highest BCUT2D eigenvalue weighted by molar-refractivity contribution is 5.68. The summed E-state index contributed by atoms with van der Waals surface area (Å²) in [5.74, 6) is 0.790. The van der Waals surface area contributed by atoms with E-state index in [1.54, 1.807) is 7.11 Å². The first-order valence-corrected chi connectivity index (χ1v) is 11.1. The smallest absolute Gasteiger partial charge is 0.232 e. The van der Waals surface area contributed by atoms with E-state index in [-0.39, 0.29) is 0 Å². The number of methoxy groups -OCH3 is 1. The van der Waals surface area contributed by atoms with Crippen LogP contribution < -0.4 is 4.90 Å². The molecule has 172 valence electrons. The SMILES string of the molecule is CCOCC(O)CN(CCCOC)Cc1c(-c2ccccc2)noc1N1CCOCC1. The van der Waals surface area contributed by atoms with Gasteiger partial charge in [-0.3, -0.25) is 4.90 Å². The molecule has 1 saturated heterocycles. The number of aliphatic hydroxyl groups is 1. The second-order valence-electron chi connectivity index (χ2n) is 7.68. The lowest BCUT2D eigenvalue weighted by molar-refractivity contribution is 0.0181. The van der Waals surface area contributed by atoms with Crippen LogP contribution in [0.15, 0.2) is 34.9 Å². The van der Waals surface area contributed by atoms with Crippen LogP contribution in [0.2, 0.25) is 0 Å².